The van der Waals surface area contributed by atoms with Crippen molar-refractivity contribution in [3.05, 3.63) is 22.4 Å². The maximum absolute atomic E-state index is 12.4. The van der Waals surface area contributed by atoms with Crippen molar-refractivity contribution in [3.8, 4) is 0 Å². The van der Waals surface area contributed by atoms with Crippen LogP contribution in [0.5, 0.6) is 0 Å². The molecule has 122 valence electrons. The van der Waals surface area contributed by atoms with E-state index in [2.05, 4.69) is 21.7 Å². The summed E-state index contributed by atoms with van der Waals surface area (Å²) in [6.07, 6.45) is 0.510. The van der Waals surface area contributed by atoms with Gasteiger partial charge in [0.2, 0.25) is 5.91 Å². The van der Waals surface area contributed by atoms with E-state index in [4.69, 9.17) is 27.9 Å². The maximum Gasteiger partial charge on any atom is 0.229 e. The topological polar surface area (TPSA) is 41.6 Å². The minimum Gasteiger partial charge on any atom is -0.379 e. The number of nitrogens with zero attached hydrogens (tertiary/aromatic N) is 1. The Hall–Kier alpha value is -0.330. The van der Waals surface area contributed by atoms with Crippen LogP contribution in [0.4, 0.5) is 0 Å². The van der Waals surface area contributed by atoms with Crippen LogP contribution in [0.15, 0.2) is 17.5 Å². The summed E-state index contributed by atoms with van der Waals surface area (Å²) in [5.41, 5.74) is -0.666. The first-order valence-corrected chi connectivity index (χ1v) is 9.09. The molecule has 22 heavy (non-hydrogen) atoms. The molecule has 2 heterocycles. The van der Waals surface area contributed by atoms with Gasteiger partial charge < -0.3 is 10.1 Å². The van der Waals surface area contributed by atoms with Crippen LogP contribution in [0.1, 0.15) is 24.3 Å². The third kappa shape index (κ3) is 3.15. The van der Waals surface area contributed by atoms with Crippen LogP contribution in [0.2, 0.25) is 0 Å². The zero-order valence-electron chi connectivity index (χ0n) is 12.5. The van der Waals surface area contributed by atoms with Crippen molar-refractivity contribution in [1.29, 1.82) is 0 Å². The number of amides is 1. The number of rotatable bonds is 5. The van der Waals surface area contributed by atoms with E-state index in [1.807, 2.05) is 13.0 Å². The van der Waals surface area contributed by atoms with Gasteiger partial charge in [0, 0.05) is 24.5 Å². The molecule has 2 atom stereocenters. The monoisotopic (exact) mass is 362 g/mol. The van der Waals surface area contributed by atoms with Gasteiger partial charge >= 0.3 is 0 Å². The van der Waals surface area contributed by atoms with E-state index < -0.39 is 9.75 Å². The van der Waals surface area contributed by atoms with E-state index in [-0.39, 0.29) is 11.9 Å². The molecular formula is C15H20Cl2N2O2S. The molecule has 0 radical (unpaired) electrons. The minimum absolute atomic E-state index is 0.0627. The predicted octanol–water partition coefficient (Wildman–Crippen LogP) is 2.82. The van der Waals surface area contributed by atoms with Crippen LogP contribution in [0.3, 0.4) is 0 Å². The Labute approximate surface area is 144 Å². The third-order valence-corrected chi connectivity index (χ3v) is 6.65. The van der Waals surface area contributed by atoms with Crippen molar-refractivity contribution in [2.24, 2.45) is 5.41 Å². The lowest BCUT2D eigenvalue weighted by Gasteiger charge is -2.34. The molecule has 2 fully saturated rings. The summed E-state index contributed by atoms with van der Waals surface area (Å²) in [6.45, 7) is 5.62. The molecular weight excluding hydrogens is 343 g/mol. The highest BCUT2D eigenvalue weighted by molar-refractivity contribution is 7.10. The number of thiophene rings is 1. The van der Waals surface area contributed by atoms with Gasteiger partial charge in [0.15, 0.2) is 0 Å². The SMILES string of the molecule is C[C@]1(C(=O)NC[C@H](c2cccs2)N2CCOCC2)CC1(Cl)Cl. The molecule has 4 nitrogen and oxygen atoms in total. The first kappa shape index (κ1) is 16.5. The van der Waals surface area contributed by atoms with Crippen LogP contribution in [-0.2, 0) is 9.53 Å². The van der Waals surface area contributed by atoms with Gasteiger partial charge in [-0.15, -0.1) is 34.5 Å². The summed E-state index contributed by atoms with van der Waals surface area (Å²) in [5, 5.41) is 5.11. The van der Waals surface area contributed by atoms with Crippen molar-refractivity contribution in [2.75, 3.05) is 32.8 Å². The van der Waals surface area contributed by atoms with E-state index in [0.717, 1.165) is 26.3 Å². The van der Waals surface area contributed by atoms with E-state index in [1.165, 1.54) is 4.88 Å². The van der Waals surface area contributed by atoms with Crippen LogP contribution >= 0.6 is 34.5 Å². The van der Waals surface area contributed by atoms with Crippen LogP contribution in [0, 0.1) is 5.41 Å². The molecule has 1 aliphatic carbocycles. The zero-order valence-corrected chi connectivity index (χ0v) is 14.8. The summed E-state index contributed by atoms with van der Waals surface area (Å²) in [5.74, 6) is -0.0627. The van der Waals surface area contributed by atoms with Gasteiger partial charge in [0.1, 0.15) is 4.33 Å². The molecule has 0 spiro atoms. The Morgan fingerprint density at radius 3 is 2.73 bits per heavy atom. The molecule has 1 N–H and O–H groups in total. The average molecular weight is 363 g/mol. The molecule has 7 heteroatoms. The number of carbonyl (C=O) groups excluding carboxylic acids is 1. The number of alkyl halides is 2. The van der Waals surface area contributed by atoms with Gasteiger partial charge in [-0.05, 0) is 24.8 Å². The molecule has 1 saturated heterocycles. The van der Waals surface area contributed by atoms with Crippen molar-refractivity contribution < 1.29 is 9.53 Å². The molecule has 1 saturated carbocycles. The summed E-state index contributed by atoms with van der Waals surface area (Å²) < 4.78 is 4.50. The number of nitrogens with one attached hydrogen (secondary N) is 1. The van der Waals surface area contributed by atoms with Crippen molar-refractivity contribution in [1.82, 2.24) is 10.2 Å². The van der Waals surface area contributed by atoms with Gasteiger partial charge in [0.25, 0.3) is 0 Å². The highest BCUT2D eigenvalue weighted by atomic mass is 35.5. The molecule has 0 unspecified atom stereocenters. The number of hydrogen-bond acceptors (Lipinski definition) is 4. The molecule has 1 aromatic heterocycles. The van der Waals surface area contributed by atoms with Crippen LogP contribution < -0.4 is 5.32 Å². The zero-order chi connectivity index (χ0) is 15.8. The first-order valence-electron chi connectivity index (χ1n) is 7.45. The Morgan fingerprint density at radius 1 is 1.50 bits per heavy atom. The number of hydrogen-bond donors (Lipinski definition) is 1. The number of halogens is 2. The van der Waals surface area contributed by atoms with Gasteiger partial charge in [-0.2, -0.15) is 0 Å². The van der Waals surface area contributed by atoms with E-state index in [1.54, 1.807) is 11.3 Å². The summed E-state index contributed by atoms with van der Waals surface area (Å²) in [6, 6.07) is 4.33. The van der Waals surface area contributed by atoms with Gasteiger partial charge in [-0.25, -0.2) is 0 Å². The second-order valence-electron chi connectivity index (χ2n) is 6.10. The Bertz CT molecular complexity index is 532. The number of morpholine rings is 1. The number of carbonyl (C=O) groups is 1. The first-order chi connectivity index (χ1) is 10.4. The molecule has 1 aromatic rings. The average Bonchev–Trinajstić information content (AvgIpc) is 2.86. The van der Waals surface area contributed by atoms with Gasteiger partial charge in [-0.3, -0.25) is 9.69 Å². The highest BCUT2D eigenvalue weighted by Gasteiger charge is 2.67. The van der Waals surface area contributed by atoms with Gasteiger partial charge in [-0.1, -0.05) is 6.07 Å². The fourth-order valence-corrected chi connectivity index (χ4v) is 4.38. The Kier molecular flexibility index (Phi) is 4.72. The molecule has 2 aliphatic rings. The molecule has 3 rings (SSSR count). The molecule has 1 amide bonds. The second-order valence-corrected chi connectivity index (χ2v) is 8.57. The fourth-order valence-electron chi connectivity index (χ4n) is 2.81. The van der Waals surface area contributed by atoms with Crippen molar-refractivity contribution in [3.63, 3.8) is 0 Å². The fraction of sp³-hybridized carbons (Fsp3) is 0.667. The molecule has 1 aliphatic heterocycles. The maximum atomic E-state index is 12.4. The highest BCUT2D eigenvalue weighted by Crippen LogP contribution is 2.63. The Balaban J connectivity index is 1.65. The summed E-state index contributed by atoms with van der Waals surface area (Å²) in [4.78, 5) is 16.0. The van der Waals surface area contributed by atoms with E-state index >= 15 is 0 Å². The van der Waals surface area contributed by atoms with E-state index in [0.29, 0.717) is 13.0 Å². The predicted molar refractivity (Wildman–Crippen MR) is 89.6 cm³/mol. The van der Waals surface area contributed by atoms with Crippen molar-refractivity contribution >= 4 is 40.4 Å². The summed E-state index contributed by atoms with van der Waals surface area (Å²) >= 11 is 13.9. The van der Waals surface area contributed by atoms with E-state index in [9.17, 15) is 4.79 Å². The lowest BCUT2D eigenvalue weighted by molar-refractivity contribution is -0.126. The molecule has 0 aromatic carbocycles. The van der Waals surface area contributed by atoms with Gasteiger partial charge in [0.05, 0.1) is 24.7 Å². The van der Waals surface area contributed by atoms with Crippen LogP contribution in [-0.4, -0.2) is 48.0 Å². The Morgan fingerprint density at radius 2 is 2.18 bits per heavy atom. The second kappa shape index (κ2) is 6.29. The van der Waals surface area contributed by atoms with Crippen LogP contribution in [0.25, 0.3) is 0 Å². The quantitative estimate of drug-likeness (QED) is 0.818. The smallest absolute Gasteiger partial charge is 0.229 e. The summed E-state index contributed by atoms with van der Waals surface area (Å²) in [7, 11) is 0. The normalized spacial score (nSPS) is 29.0. The lowest BCUT2D eigenvalue weighted by Crippen LogP contribution is -2.45. The largest absolute Gasteiger partial charge is 0.379 e. The number of ether oxygens (including phenoxy) is 1. The molecule has 0 bridgehead atoms. The van der Waals surface area contributed by atoms with Crippen molar-refractivity contribution in [2.45, 2.75) is 23.7 Å². The lowest BCUT2D eigenvalue weighted by atomic mass is 10.1. The third-order valence-electron chi connectivity index (χ3n) is 4.57. The standard InChI is InChI=1S/C15H20Cl2N2O2S/c1-14(10-15(14,16)17)13(20)18-9-11(12-3-2-8-22-12)19-4-6-21-7-5-19/h2-3,8,11H,4-7,9-10H2,1H3,(H,18,20)/t11-,14-/m1/s1. The minimum atomic E-state index is -0.922.